The van der Waals surface area contributed by atoms with Crippen molar-refractivity contribution in [3.8, 4) is 0 Å². The monoisotopic (exact) mass is 402 g/mol. The molecule has 0 N–H and O–H groups in total. The SMILES string of the molecule is CC(C)CC1C(=O)N(CC(=O)N2CCN(C3CCCCC3)CC2)Cc2cnnn21. The first kappa shape index (κ1) is 20.3. The highest BCUT2D eigenvalue weighted by Gasteiger charge is 2.36. The molecule has 8 heteroatoms. The van der Waals surface area contributed by atoms with E-state index in [2.05, 4.69) is 29.1 Å². The zero-order valence-electron chi connectivity index (χ0n) is 17.8. The summed E-state index contributed by atoms with van der Waals surface area (Å²) in [5.74, 6) is 0.418. The molecule has 0 spiro atoms. The molecule has 0 bridgehead atoms. The molecule has 3 aliphatic rings. The highest BCUT2D eigenvalue weighted by Crippen LogP contribution is 2.27. The van der Waals surface area contributed by atoms with E-state index in [4.69, 9.17) is 0 Å². The van der Waals surface area contributed by atoms with Gasteiger partial charge in [0.15, 0.2) is 0 Å². The van der Waals surface area contributed by atoms with Crippen LogP contribution in [0.15, 0.2) is 6.20 Å². The molecule has 160 valence electrons. The third-order valence-corrected chi connectivity index (χ3v) is 6.67. The molecule has 1 aromatic heterocycles. The number of nitrogens with zero attached hydrogens (tertiary/aromatic N) is 6. The molecule has 2 amide bonds. The van der Waals surface area contributed by atoms with E-state index in [9.17, 15) is 9.59 Å². The van der Waals surface area contributed by atoms with Crippen molar-refractivity contribution in [2.45, 2.75) is 71.0 Å². The van der Waals surface area contributed by atoms with Gasteiger partial charge in [0.2, 0.25) is 11.8 Å². The van der Waals surface area contributed by atoms with Gasteiger partial charge in [-0.3, -0.25) is 14.5 Å². The van der Waals surface area contributed by atoms with E-state index in [-0.39, 0.29) is 24.4 Å². The van der Waals surface area contributed by atoms with Crippen LogP contribution in [-0.4, -0.2) is 80.3 Å². The Balaban J connectivity index is 1.34. The summed E-state index contributed by atoms with van der Waals surface area (Å²) in [6.45, 7) is 8.21. The molecule has 3 heterocycles. The largest absolute Gasteiger partial charge is 0.339 e. The zero-order valence-corrected chi connectivity index (χ0v) is 17.8. The maximum atomic E-state index is 13.1. The Hall–Kier alpha value is -1.96. The summed E-state index contributed by atoms with van der Waals surface area (Å²) < 4.78 is 1.74. The number of piperazine rings is 1. The second-order valence-corrected chi connectivity index (χ2v) is 9.22. The fourth-order valence-corrected chi connectivity index (χ4v) is 5.06. The standard InChI is InChI=1S/C21H34N6O2/c1-16(2)12-19-21(29)26(14-18-13-22-23-27(18)19)15-20(28)25-10-8-24(9-11-25)17-6-4-3-5-7-17/h13,16-17,19H,3-12,14-15H2,1-2H3. The fraction of sp³-hybridized carbons (Fsp3) is 0.810. The molecule has 2 aliphatic heterocycles. The van der Waals surface area contributed by atoms with Crippen molar-refractivity contribution < 1.29 is 9.59 Å². The molecule has 0 radical (unpaired) electrons. The van der Waals surface area contributed by atoms with Crippen molar-refractivity contribution in [1.82, 2.24) is 29.7 Å². The van der Waals surface area contributed by atoms with E-state index in [1.165, 1.54) is 32.1 Å². The Morgan fingerprint density at radius 2 is 1.86 bits per heavy atom. The van der Waals surface area contributed by atoms with Crippen LogP contribution in [-0.2, 0) is 16.1 Å². The minimum Gasteiger partial charge on any atom is -0.339 e. The second-order valence-electron chi connectivity index (χ2n) is 9.22. The van der Waals surface area contributed by atoms with Crippen LogP contribution in [0.25, 0.3) is 0 Å². The van der Waals surface area contributed by atoms with Gasteiger partial charge in [-0.05, 0) is 25.2 Å². The number of rotatable bonds is 5. The highest BCUT2D eigenvalue weighted by molar-refractivity contribution is 5.87. The molecular formula is C21H34N6O2. The normalized spacial score (nSPS) is 24.2. The smallest absolute Gasteiger partial charge is 0.248 e. The molecule has 29 heavy (non-hydrogen) atoms. The number of amides is 2. The van der Waals surface area contributed by atoms with Crippen LogP contribution in [0.2, 0.25) is 0 Å². The van der Waals surface area contributed by atoms with E-state index >= 15 is 0 Å². The molecule has 1 aliphatic carbocycles. The molecule has 1 saturated heterocycles. The van der Waals surface area contributed by atoms with Gasteiger partial charge in [-0.15, -0.1) is 5.10 Å². The van der Waals surface area contributed by atoms with Crippen molar-refractivity contribution in [2.24, 2.45) is 5.92 Å². The van der Waals surface area contributed by atoms with Crippen molar-refractivity contribution in [3.63, 3.8) is 0 Å². The Labute approximate surface area is 173 Å². The van der Waals surface area contributed by atoms with E-state index in [1.54, 1.807) is 15.8 Å². The van der Waals surface area contributed by atoms with Gasteiger partial charge in [0.05, 0.1) is 18.4 Å². The third-order valence-electron chi connectivity index (χ3n) is 6.67. The van der Waals surface area contributed by atoms with Crippen LogP contribution in [0.4, 0.5) is 0 Å². The third kappa shape index (κ3) is 4.47. The number of aromatic nitrogens is 3. The quantitative estimate of drug-likeness (QED) is 0.749. The topological polar surface area (TPSA) is 74.6 Å². The molecule has 4 rings (SSSR count). The van der Waals surface area contributed by atoms with Gasteiger partial charge in [0.1, 0.15) is 12.6 Å². The Kier molecular flexibility index (Phi) is 6.18. The van der Waals surface area contributed by atoms with Gasteiger partial charge in [-0.1, -0.05) is 38.3 Å². The van der Waals surface area contributed by atoms with Crippen LogP contribution < -0.4 is 0 Å². The van der Waals surface area contributed by atoms with Crippen LogP contribution in [0.3, 0.4) is 0 Å². The zero-order chi connectivity index (χ0) is 20.4. The summed E-state index contributed by atoms with van der Waals surface area (Å²) in [4.78, 5) is 32.2. The number of carbonyl (C=O) groups excluding carboxylic acids is 2. The maximum absolute atomic E-state index is 13.1. The molecule has 8 nitrogen and oxygen atoms in total. The fourth-order valence-electron chi connectivity index (χ4n) is 5.06. The highest BCUT2D eigenvalue weighted by atomic mass is 16.2. The van der Waals surface area contributed by atoms with Gasteiger partial charge >= 0.3 is 0 Å². The molecule has 1 unspecified atom stereocenters. The molecule has 1 aromatic rings. The van der Waals surface area contributed by atoms with E-state index in [0.29, 0.717) is 24.9 Å². The number of fused-ring (bicyclic) bond motifs is 1. The molecule has 2 fully saturated rings. The van der Waals surface area contributed by atoms with Crippen molar-refractivity contribution in [3.05, 3.63) is 11.9 Å². The van der Waals surface area contributed by atoms with Crippen LogP contribution >= 0.6 is 0 Å². The maximum Gasteiger partial charge on any atom is 0.248 e. The van der Waals surface area contributed by atoms with Gasteiger partial charge in [-0.2, -0.15) is 0 Å². The first-order chi connectivity index (χ1) is 14.0. The predicted molar refractivity (Wildman–Crippen MR) is 109 cm³/mol. The van der Waals surface area contributed by atoms with Crippen LogP contribution in [0.1, 0.15) is 64.1 Å². The van der Waals surface area contributed by atoms with Crippen LogP contribution in [0.5, 0.6) is 0 Å². The van der Waals surface area contributed by atoms with Crippen molar-refractivity contribution >= 4 is 11.8 Å². The number of hydrogen-bond acceptors (Lipinski definition) is 5. The van der Waals surface area contributed by atoms with E-state index in [0.717, 1.165) is 31.9 Å². The Morgan fingerprint density at radius 1 is 1.14 bits per heavy atom. The molecule has 0 aromatic carbocycles. The lowest BCUT2D eigenvalue weighted by atomic mass is 9.94. The lowest BCUT2D eigenvalue weighted by molar-refractivity contribution is -0.146. The summed E-state index contributed by atoms with van der Waals surface area (Å²) in [6, 6.07) is 0.353. The molecule has 1 atom stereocenters. The first-order valence-corrected chi connectivity index (χ1v) is 11.2. The minimum atomic E-state index is -0.350. The van der Waals surface area contributed by atoms with Crippen LogP contribution in [0, 0.1) is 5.92 Å². The summed E-state index contributed by atoms with van der Waals surface area (Å²) in [5.41, 5.74) is 0.908. The van der Waals surface area contributed by atoms with Gasteiger partial charge in [0.25, 0.3) is 0 Å². The minimum absolute atomic E-state index is 0.00843. The average molecular weight is 403 g/mol. The second kappa shape index (κ2) is 8.81. The van der Waals surface area contributed by atoms with Gasteiger partial charge in [0, 0.05) is 32.2 Å². The first-order valence-electron chi connectivity index (χ1n) is 11.2. The lowest BCUT2D eigenvalue weighted by Crippen LogP contribution is -2.55. The summed E-state index contributed by atoms with van der Waals surface area (Å²) in [7, 11) is 0. The van der Waals surface area contributed by atoms with Gasteiger partial charge in [-0.25, -0.2) is 4.68 Å². The molecular weight excluding hydrogens is 368 g/mol. The van der Waals surface area contributed by atoms with Crippen molar-refractivity contribution in [1.29, 1.82) is 0 Å². The lowest BCUT2D eigenvalue weighted by Gasteiger charge is -2.41. The van der Waals surface area contributed by atoms with E-state index in [1.807, 2.05) is 4.90 Å². The summed E-state index contributed by atoms with van der Waals surface area (Å²) >= 11 is 0. The Morgan fingerprint density at radius 3 is 2.55 bits per heavy atom. The number of hydrogen-bond donors (Lipinski definition) is 0. The average Bonchev–Trinajstić information content (AvgIpc) is 3.20. The Bertz CT molecular complexity index is 719. The number of carbonyl (C=O) groups is 2. The van der Waals surface area contributed by atoms with Crippen molar-refractivity contribution in [2.75, 3.05) is 32.7 Å². The summed E-state index contributed by atoms with van der Waals surface area (Å²) in [6.07, 6.45) is 9.06. The predicted octanol–water partition coefficient (Wildman–Crippen LogP) is 1.68. The summed E-state index contributed by atoms with van der Waals surface area (Å²) in [5, 5.41) is 8.10. The van der Waals surface area contributed by atoms with Gasteiger partial charge < -0.3 is 9.80 Å². The molecule has 1 saturated carbocycles. The van der Waals surface area contributed by atoms with E-state index < -0.39 is 0 Å².